The summed E-state index contributed by atoms with van der Waals surface area (Å²) in [6.07, 6.45) is 0.577. The van der Waals surface area contributed by atoms with Crippen molar-refractivity contribution < 1.29 is 5.11 Å². The van der Waals surface area contributed by atoms with E-state index in [4.69, 9.17) is 0 Å². The van der Waals surface area contributed by atoms with Crippen LogP contribution in [0, 0.1) is 5.41 Å². The number of rotatable bonds is 6. The Morgan fingerprint density at radius 1 is 1.11 bits per heavy atom. The zero-order valence-electron chi connectivity index (χ0n) is 12.1. The Bertz CT molecular complexity index is 329. The standard InChI is InChI=1S/C16H27NO/c1-13(14-8-6-5-7-9-14)11-17-12-15(18)10-16(2,3)4/h5-9,13,15,17-18H,10-12H2,1-4H3. The summed E-state index contributed by atoms with van der Waals surface area (Å²) < 4.78 is 0. The van der Waals surface area contributed by atoms with Gasteiger partial charge in [-0.05, 0) is 23.3 Å². The summed E-state index contributed by atoms with van der Waals surface area (Å²) in [5, 5.41) is 13.3. The van der Waals surface area contributed by atoms with Gasteiger partial charge < -0.3 is 10.4 Å². The van der Waals surface area contributed by atoms with Gasteiger partial charge in [0.05, 0.1) is 6.10 Å². The Morgan fingerprint density at radius 3 is 2.28 bits per heavy atom. The first-order valence-electron chi connectivity index (χ1n) is 6.82. The molecule has 0 spiro atoms. The average molecular weight is 249 g/mol. The van der Waals surface area contributed by atoms with Crippen LogP contribution in [0.1, 0.15) is 45.6 Å². The van der Waals surface area contributed by atoms with Crippen molar-refractivity contribution in [2.45, 2.75) is 46.1 Å². The van der Waals surface area contributed by atoms with E-state index < -0.39 is 0 Å². The number of hydrogen-bond donors (Lipinski definition) is 2. The summed E-state index contributed by atoms with van der Waals surface area (Å²) in [6, 6.07) is 10.5. The van der Waals surface area contributed by atoms with Gasteiger partial charge in [-0.15, -0.1) is 0 Å². The molecule has 0 bridgehead atoms. The molecule has 2 atom stereocenters. The van der Waals surface area contributed by atoms with Gasteiger partial charge in [0.1, 0.15) is 0 Å². The molecule has 2 unspecified atom stereocenters. The third-order valence-electron chi connectivity index (χ3n) is 3.05. The second-order valence-electron chi connectivity index (χ2n) is 6.39. The van der Waals surface area contributed by atoms with Crippen LogP contribution in [-0.4, -0.2) is 24.3 Å². The van der Waals surface area contributed by atoms with Crippen LogP contribution in [-0.2, 0) is 0 Å². The number of aliphatic hydroxyl groups excluding tert-OH is 1. The lowest BCUT2D eigenvalue weighted by atomic mass is 9.89. The minimum atomic E-state index is -0.257. The fourth-order valence-electron chi connectivity index (χ4n) is 2.14. The van der Waals surface area contributed by atoms with Crippen LogP contribution >= 0.6 is 0 Å². The molecule has 2 nitrogen and oxygen atoms in total. The van der Waals surface area contributed by atoms with Crippen LogP contribution in [0.4, 0.5) is 0 Å². The van der Waals surface area contributed by atoms with Crippen molar-refractivity contribution >= 4 is 0 Å². The zero-order valence-corrected chi connectivity index (χ0v) is 12.1. The predicted molar refractivity (Wildman–Crippen MR) is 77.8 cm³/mol. The Labute approximate surface area is 111 Å². The Balaban J connectivity index is 2.26. The first-order valence-corrected chi connectivity index (χ1v) is 6.82. The molecule has 18 heavy (non-hydrogen) atoms. The molecule has 0 radical (unpaired) electrons. The first-order chi connectivity index (χ1) is 8.38. The van der Waals surface area contributed by atoms with E-state index in [2.05, 4.69) is 57.3 Å². The van der Waals surface area contributed by atoms with Crippen molar-refractivity contribution in [2.24, 2.45) is 5.41 Å². The van der Waals surface area contributed by atoms with Crippen molar-refractivity contribution in [3.63, 3.8) is 0 Å². The summed E-state index contributed by atoms with van der Waals surface area (Å²) in [4.78, 5) is 0. The summed E-state index contributed by atoms with van der Waals surface area (Å²) >= 11 is 0. The maximum absolute atomic E-state index is 9.91. The smallest absolute Gasteiger partial charge is 0.0669 e. The third-order valence-corrected chi connectivity index (χ3v) is 3.05. The molecule has 0 aliphatic carbocycles. The summed E-state index contributed by atoms with van der Waals surface area (Å²) in [7, 11) is 0. The molecule has 0 fully saturated rings. The third kappa shape index (κ3) is 6.18. The quantitative estimate of drug-likeness (QED) is 0.811. The Kier molecular flexibility index (Phi) is 5.83. The lowest BCUT2D eigenvalue weighted by molar-refractivity contribution is 0.119. The molecule has 0 aliphatic heterocycles. The number of benzene rings is 1. The van der Waals surface area contributed by atoms with Crippen LogP contribution in [0.2, 0.25) is 0 Å². The second-order valence-corrected chi connectivity index (χ2v) is 6.39. The van der Waals surface area contributed by atoms with Crippen molar-refractivity contribution in [1.82, 2.24) is 5.32 Å². The van der Waals surface area contributed by atoms with Gasteiger partial charge in [-0.2, -0.15) is 0 Å². The number of nitrogens with one attached hydrogen (secondary N) is 1. The summed E-state index contributed by atoms with van der Waals surface area (Å²) in [5.74, 6) is 0.480. The summed E-state index contributed by atoms with van der Waals surface area (Å²) in [6.45, 7) is 10.3. The van der Waals surface area contributed by atoms with E-state index in [0.29, 0.717) is 12.5 Å². The van der Waals surface area contributed by atoms with Gasteiger partial charge in [-0.3, -0.25) is 0 Å². The van der Waals surface area contributed by atoms with Crippen LogP contribution < -0.4 is 5.32 Å². The van der Waals surface area contributed by atoms with Crippen LogP contribution in [0.3, 0.4) is 0 Å². The molecule has 2 N–H and O–H groups in total. The molecular formula is C16H27NO. The topological polar surface area (TPSA) is 32.3 Å². The van der Waals surface area contributed by atoms with E-state index in [0.717, 1.165) is 13.0 Å². The van der Waals surface area contributed by atoms with Crippen LogP contribution in [0.15, 0.2) is 30.3 Å². The molecule has 0 heterocycles. The lowest BCUT2D eigenvalue weighted by Crippen LogP contribution is -2.32. The van der Waals surface area contributed by atoms with Crippen molar-refractivity contribution in [3.05, 3.63) is 35.9 Å². The lowest BCUT2D eigenvalue weighted by Gasteiger charge is -2.23. The maximum Gasteiger partial charge on any atom is 0.0669 e. The van der Waals surface area contributed by atoms with Crippen molar-refractivity contribution in [2.75, 3.05) is 13.1 Å². The molecule has 0 saturated heterocycles. The highest BCUT2D eigenvalue weighted by molar-refractivity contribution is 5.18. The highest BCUT2D eigenvalue weighted by Crippen LogP contribution is 2.20. The van der Waals surface area contributed by atoms with Crippen molar-refractivity contribution in [1.29, 1.82) is 0 Å². The average Bonchev–Trinajstić information content (AvgIpc) is 2.27. The van der Waals surface area contributed by atoms with E-state index in [-0.39, 0.29) is 11.5 Å². The molecule has 0 saturated carbocycles. The molecule has 0 aliphatic rings. The van der Waals surface area contributed by atoms with Gasteiger partial charge in [-0.1, -0.05) is 58.0 Å². The fourth-order valence-corrected chi connectivity index (χ4v) is 2.14. The highest BCUT2D eigenvalue weighted by Gasteiger charge is 2.16. The normalized spacial score (nSPS) is 15.4. The molecule has 1 aromatic rings. The first kappa shape index (κ1) is 15.2. The number of aliphatic hydroxyl groups is 1. The van der Waals surface area contributed by atoms with Gasteiger partial charge in [0.25, 0.3) is 0 Å². The molecule has 0 amide bonds. The van der Waals surface area contributed by atoms with E-state index >= 15 is 0 Å². The van der Waals surface area contributed by atoms with E-state index in [1.54, 1.807) is 0 Å². The van der Waals surface area contributed by atoms with Gasteiger partial charge in [0, 0.05) is 13.1 Å². The van der Waals surface area contributed by atoms with Gasteiger partial charge in [0.2, 0.25) is 0 Å². The largest absolute Gasteiger partial charge is 0.392 e. The van der Waals surface area contributed by atoms with Gasteiger partial charge in [0.15, 0.2) is 0 Å². The van der Waals surface area contributed by atoms with Gasteiger partial charge in [-0.25, -0.2) is 0 Å². The Morgan fingerprint density at radius 2 is 1.72 bits per heavy atom. The minimum Gasteiger partial charge on any atom is -0.392 e. The molecule has 1 aromatic carbocycles. The molecule has 1 rings (SSSR count). The SMILES string of the molecule is CC(CNCC(O)CC(C)(C)C)c1ccccc1. The Hall–Kier alpha value is -0.860. The van der Waals surface area contributed by atoms with Crippen LogP contribution in [0.5, 0.6) is 0 Å². The van der Waals surface area contributed by atoms with Crippen LogP contribution in [0.25, 0.3) is 0 Å². The zero-order chi connectivity index (χ0) is 13.6. The van der Waals surface area contributed by atoms with E-state index in [9.17, 15) is 5.11 Å². The fraction of sp³-hybridized carbons (Fsp3) is 0.625. The van der Waals surface area contributed by atoms with E-state index in [1.165, 1.54) is 5.56 Å². The molecular weight excluding hydrogens is 222 g/mol. The maximum atomic E-state index is 9.91. The highest BCUT2D eigenvalue weighted by atomic mass is 16.3. The number of hydrogen-bond acceptors (Lipinski definition) is 2. The minimum absolute atomic E-state index is 0.187. The van der Waals surface area contributed by atoms with Gasteiger partial charge >= 0.3 is 0 Å². The predicted octanol–water partition coefficient (Wildman–Crippen LogP) is 3.18. The molecule has 2 heteroatoms. The molecule has 102 valence electrons. The second kappa shape index (κ2) is 6.91. The van der Waals surface area contributed by atoms with Crippen molar-refractivity contribution in [3.8, 4) is 0 Å². The summed E-state index contributed by atoms with van der Waals surface area (Å²) in [5.41, 5.74) is 1.53. The monoisotopic (exact) mass is 249 g/mol. The van der Waals surface area contributed by atoms with E-state index in [1.807, 2.05) is 6.07 Å². The molecule has 0 aromatic heterocycles.